The summed E-state index contributed by atoms with van der Waals surface area (Å²) >= 11 is 0. The van der Waals surface area contributed by atoms with Crippen molar-refractivity contribution in [2.45, 2.75) is 18.9 Å². The highest BCUT2D eigenvalue weighted by molar-refractivity contribution is 5.91. The van der Waals surface area contributed by atoms with Crippen LogP contribution in [0.5, 0.6) is 0 Å². The Hall–Kier alpha value is -2.97. The van der Waals surface area contributed by atoms with Crippen molar-refractivity contribution >= 4 is 17.4 Å². The van der Waals surface area contributed by atoms with E-state index < -0.39 is 0 Å². The van der Waals surface area contributed by atoms with Gasteiger partial charge in [0.15, 0.2) is 5.65 Å². The topological polar surface area (TPSA) is 93.2 Å². The summed E-state index contributed by atoms with van der Waals surface area (Å²) in [5.74, 6) is 0.806. The van der Waals surface area contributed by atoms with E-state index in [4.69, 9.17) is 0 Å². The maximum atomic E-state index is 11.7. The van der Waals surface area contributed by atoms with Crippen LogP contribution in [-0.2, 0) is 0 Å². The van der Waals surface area contributed by atoms with Gasteiger partial charge >= 0.3 is 0 Å². The van der Waals surface area contributed by atoms with Gasteiger partial charge in [-0.15, -0.1) is 10.2 Å². The lowest BCUT2D eigenvalue weighted by atomic mass is 10.1. The molecule has 1 aliphatic rings. The maximum Gasteiger partial charge on any atom is 0.271 e. The van der Waals surface area contributed by atoms with Crippen molar-refractivity contribution in [2.24, 2.45) is 0 Å². The van der Waals surface area contributed by atoms with Crippen LogP contribution < -0.4 is 10.2 Å². The number of aromatic nitrogens is 6. The lowest BCUT2D eigenvalue weighted by Gasteiger charge is -2.34. The zero-order valence-electron chi connectivity index (χ0n) is 13.3. The largest absolute Gasteiger partial charge is 0.354 e. The first-order valence-electron chi connectivity index (χ1n) is 7.92. The summed E-state index contributed by atoms with van der Waals surface area (Å²) in [6.45, 7) is 1.74. The summed E-state index contributed by atoms with van der Waals surface area (Å²) in [7, 11) is 1.61. The first-order valence-corrected chi connectivity index (χ1v) is 7.92. The van der Waals surface area contributed by atoms with Crippen molar-refractivity contribution in [2.75, 3.05) is 25.0 Å². The molecule has 124 valence electrons. The van der Waals surface area contributed by atoms with Gasteiger partial charge in [0.1, 0.15) is 17.8 Å². The summed E-state index contributed by atoms with van der Waals surface area (Å²) in [6, 6.07) is 1.96. The molecule has 1 atom stereocenters. The molecule has 1 N–H and O–H groups in total. The first kappa shape index (κ1) is 14.6. The van der Waals surface area contributed by atoms with E-state index >= 15 is 0 Å². The normalized spacial score (nSPS) is 18.0. The Morgan fingerprint density at radius 1 is 1.38 bits per heavy atom. The van der Waals surface area contributed by atoms with Crippen molar-refractivity contribution < 1.29 is 4.79 Å². The number of rotatable bonds is 3. The van der Waals surface area contributed by atoms with E-state index in [1.165, 1.54) is 0 Å². The van der Waals surface area contributed by atoms with Gasteiger partial charge in [-0.1, -0.05) is 0 Å². The van der Waals surface area contributed by atoms with E-state index in [1.807, 2.05) is 21.5 Å². The standard InChI is InChI=1S/C15H18N8O/c1-16-15(24)12-4-6-23(20-12)11-3-2-5-21(9-11)14-8-17-7-13-19-18-10-22(13)14/h4,6-8,10-11H,2-3,5,9H2,1H3,(H,16,24). The second-order valence-electron chi connectivity index (χ2n) is 5.83. The molecule has 0 aliphatic carbocycles. The number of carbonyl (C=O) groups excluding carboxylic acids is 1. The molecule has 1 unspecified atom stereocenters. The van der Waals surface area contributed by atoms with Crippen molar-refractivity contribution in [3.8, 4) is 0 Å². The van der Waals surface area contributed by atoms with Crippen LogP contribution in [0.25, 0.3) is 5.65 Å². The second-order valence-corrected chi connectivity index (χ2v) is 5.83. The Balaban J connectivity index is 1.59. The second kappa shape index (κ2) is 5.91. The van der Waals surface area contributed by atoms with Gasteiger partial charge in [0.2, 0.25) is 0 Å². The Bertz CT molecular complexity index is 869. The molecule has 0 saturated carbocycles. The van der Waals surface area contributed by atoms with Crippen LogP contribution in [0, 0.1) is 0 Å². The number of anilines is 1. The smallest absolute Gasteiger partial charge is 0.271 e. The number of hydrogen-bond donors (Lipinski definition) is 1. The minimum absolute atomic E-state index is 0.167. The summed E-state index contributed by atoms with van der Waals surface area (Å²) < 4.78 is 3.82. The fourth-order valence-corrected chi connectivity index (χ4v) is 3.14. The Labute approximate surface area is 138 Å². The maximum absolute atomic E-state index is 11.7. The fourth-order valence-electron chi connectivity index (χ4n) is 3.14. The quantitative estimate of drug-likeness (QED) is 0.754. The van der Waals surface area contributed by atoms with E-state index in [0.29, 0.717) is 5.69 Å². The highest BCUT2D eigenvalue weighted by Crippen LogP contribution is 2.25. The molecule has 4 heterocycles. The van der Waals surface area contributed by atoms with Gasteiger partial charge in [0.25, 0.3) is 5.91 Å². The van der Waals surface area contributed by atoms with Crippen molar-refractivity contribution in [3.05, 3.63) is 36.7 Å². The molecular formula is C15H18N8O. The molecule has 0 bridgehead atoms. The molecule has 9 nitrogen and oxygen atoms in total. The minimum Gasteiger partial charge on any atom is -0.354 e. The molecule has 3 aromatic rings. The summed E-state index contributed by atoms with van der Waals surface area (Å²) in [6.07, 6.45) is 9.16. The van der Waals surface area contributed by atoms with E-state index in [0.717, 1.165) is 37.4 Å². The van der Waals surface area contributed by atoms with Gasteiger partial charge in [-0.2, -0.15) is 5.10 Å². The van der Waals surface area contributed by atoms with E-state index in [9.17, 15) is 4.79 Å². The zero-order chi connectivity index (χ0) is 16.5. The van der Waals surface area contributed by atoms with Gasteiger partial charge in [-0.05, 0) is 18.9 Å². The number of nitrogens with zero attached hydrogens (tertiary/aromatic N) is 7. The van der Waals surface area contributed by atoms with Gasteiger partial charge in [-0.25, -0.2) is 0 Å². The Kier molecular flexibility index (Phi) is 3.60. The van der Waals surface area contributed by atoms with Crippen LogP contribution in [0.15, 0.2) is 31.0 Å². The van der Waals surface area contributed by atoms with Gasteiger partial charge in [0.05, 0.1) is 18.4 Å². The Morgan fingerprint density at radius 2 is 2.29 bits per heavy atom. The van der Waals surface area contributed by atoms with Crippen molar-refractivity contribution in [3.63, 3.8) is 0 Å². The highest BCUT2D eigenvalue weighted by Gasteiger charge is 2.24. The van der Waals surface area contributed by atoms with Crippen molar-refractivity contribution in [1.29, 1.82) is 0 Å². The third-order valence-corrected chi connectivity index (χ3v) is 4.36. The fraction of sp³-hybridized carbons (Fsp3) is 0.400. The first-order chi connectivity index (χ1) is 11.8. The molecule has 0 aromatic carbocycles. The van der Waals surface area contributed by atoms with Crippen LogP contribution in [0.2, 0.25) is 0 Å². The average Bonchev–Trinajstić information content (AvgIpc) is 3.30. The van der Waals surface area contributed by atoms with Crippen LogP contribution in [-0.4, -0.2) is 55.4 Å². The molecule has 1 fully saturated rings. The lowest BCUT2D eigenvalue weighted by molar-refractivity contribution is 0.0957. The number of amides is 1. The van der Waals surface area contributed by atoms with Gasteiger partial charge < -0.3 is 10.2 Å². The van der Waals surface area contributed by atoms with Crippen molar-refractivity contribution in [1.82, 2.24) is 34.7 Å². The van der Waals surface area contributed by atoms with E-state index in [-0.39, 0.29) is 11.9 Å². The number of nitrogens with one attached hydrogen (secondary N) is 1. The van der Waals surface area contributed by atoms with Gasteiger partial charge in [-0.3, -0.25) is 18.9 Å². The monoisotopic (exact) mass is 326 g/mol. The van der Waals surface area contributed by atoms with Gasteiger partial charge in [0, 0.05) is 26.3 Å². The molecule has 1 saturated heterocycles. The average molecular weight is 326 g/mol. The highest BCUT2D eigenvalue weighted by atomic mass is 16.1. The molecule has 0 radical (unpaired) electrons. The summed E-state index contributed by atoms with van der Waals surface area (Å²) in [5.41, 5.74) is 1.17. The minimum atomic E-state index is -0.167. The summed E-state index contributed by atoms with van der Waals surface area (Å²) in [4.78, 5) is 18.2. The number of carbonyl (C=O) groups is 1. The lowest BCUT2D eigenvalue weighted by Crippen LogP contribution is -2.38. The van der Waals surface area contributed by atoms with Crippen LogP contribution in [0.3, 0.4) is 0 Å². The predicted molar refractivity (Wildman–Crippen MR) is 86.9 cm³/mol. The van der Waals surface area contributed by atoms with E-state index in [2.05, 4.69) is 30.5 Å². The molecular weight excluding hydrogens is 308 g/mol. The SMILES string of the molecule is CNC(=O)c1ccn(C2CCCN(c3cncc4nncn34)C2)n1. The third-order valence-electron chi connectivity index (χ3n) is 4.36. The molecule has 4 rings (SSSR count). The number of hydrogen-bond acceptors (Lipinski definition) is 6. The van der Waals surface area contributed by atoms with Crippen LogP contribution in [0.4, 0.5) is 5.82 Å². The van der Waals surface area contributed by atoms with Crippen LogP contribution in [0.1, 0.15) is 29.4 Å². The number of piperidine rings is 1. The third kappa shape index (κ3) is 2.47. The Morgan fingerprint density at radius 3 is 3.17 bits per heavy atom. The number of fused-ring (bicyclic) bond motifs is 1. The molecule has 9 heteroatoms. The molecule has 24 heavy (non-hydrogen) atoms. The molecule has 1 aliphatic heterocycles. The summed E-state index contributed by atoms with van der Waals surface area (Å²) in [5, 5.41) is 15.0. The zero-order valence-corrected chi connectivity index (χ0v) is 13.3. The molecule has 3 aromatic heterocycles. The molecule has 0 spiro atoms. The predicted octanol–water partition coefficient (Wildman–Crippen LogP) is 0.522. The van der Waals surface area contributed by atoms with E-state index in [1.54, 1.807) is 25.6 Å². The molecule has 1 amide bonds. The van der Waals surface area contributed by atoms with Crippen LogP contribution >= 0.6 is 0 Å².